The Bertz CT molecular complexity index is 942. The molecule has 0 radical (unpaired) electrons. The molecule has 0 saturated carbocycles. The van der Waals surface area contributed by atoms with Gasteiger partial charge in [0.05, 0.1) is 24.7 Å². The summed E-state index contributed by atoms with van der Waals surface area (Å²) in [6.45, 7) is 4.05. The fraction of sp³-hybridized carbons (Fsp3) is 0.211. The van der Waals surface area contributed by atoms with Crippen LogP contribution in [0.15, 0.2) is 47.2 Å². The number of amides is 2. The third-order valence-corrected chi connectivity index (χ3v) is 4.04. The lowest BCUT2D eigenvalue weighted by Crippen LogP contribution is -2.26. The van der Waals surface area contributed by atoms with Crippen molar-refractivity contribution in [3.8, 4) is 0 Å². The van der Waals surface area contributed by atoms with Crippen molar-refractivity contribution in [3.05, 3.63) is 70.9 Å². The summed E-state index contributed by atoms with van der Waals surface area (Å²) in [4.78, 5) is 25.1. The van der Waals surface area contributed by atoms with Crippen LogP contribution >= 0.6 is 0 Å². The molecule has 0 spiro atoms. The van der Waals surface area contributed by atoms with Crippen LogP contribution in [0.3, 0.4) is 0 Å². The maximum absolute atomic E-state index is 12.6. The minimum absolute atomic E-state index is 0.251. The summed E-state index contributed by atoms with van der Waals surface area (Å²) in [6.07, 6.45) is 3.01. The van der Waals surface area contributed by atoms with Gasteiger partial charge in [-0.25, -0.2) is 0 Å². The van der Waals surface area contributed by atoms with Crippen LogP contribution in [0.4, 0.5) is 5.69 Å². The van der Waals surface area contributed by atoms with Gasteiger partial charge in [0, 0.05) is 12.6 Å². The van der Waals surface area contributed by atoms with E-state index in [9.17, 15) is 9.59 Å². The van der Waals surface area contributed by atoms with Gasteiger partial charge in [-0.05, 0) is 37.6 Å². The van der Waals surface area contributed by atoms with Crippen molar-refractivity contribution in [3.63, 3.8) is 0 Å². The SMILES string of the molecule is Cc1ccc(C)c(C(=O)Nc2cnn(C)c2C(=O)NCc2ccco2)c1. The van der Waals surface area contributed by atoms with E-state index in [1.165, 1.54) is 10.9 Å². The summed E-state index contributed by atoms with van der Waals surface area (Å²) in [5, 5.41) is 9.63. The quantitative estimate of drug-likeness (QED) is 0.739. The topological polar surface area (TPSA) is 89.2 Å². The van der Waals surface area contributed by atoms with Gasteiger partial charge in [-0.1, -0.05) is 17.7 Å². The third-order valence-electron chi connectivity index (χ3n) is 4.04. The Balaban J connectivity index is 1.77. The van der Waals surface area contributed by atoms with Gasteiger partial charge in [-0.2, -0.15) is 5.10 Å². The fourth-order valence-corrected chi connectivity index (χ4v) is 2.63. The molecule has 2 aromatic heterocycles. The number of hydrogen-bond acceptors (Lipinski definition) is 4. The number of aryl methyl sites for hydroxylation is 3. The first kappa shape index (κ1) is 17.5. The Hall–Kier alpha value is -3.35. The van der Waals surface area contributed by atoms with Gasteiger partial charge in [0.15, 0.2) is 0 Å². The first-order chi connectivity index (χ1) is 12.5. The Morgan fingerprint density at radius 3 is 2.73 bits per heavy atom. The summed E-state index contributed by atoms with van der Waals surface area (Å²) < 4.78 is 6.63. The van der Waals surface area contributed by atoms with Crippen molar-refractivity contribution in [2.75, 3.05) is 5.32 Å². The Morgan fingerprint density at radius 2 is 2.00 bits per heavy atom. The monoisotopic (exact) mass is 352 g/mol. The lowest BCUT2D eigenvalue weighted by atomic mass is 10.1. The summed E-state index contributed by atoms with van der Waals surface area (Å²) in [7, 11) is 1.65. The van der Waals surface area contributed by atoms with Crippen LogP contribution in [0.1, 0.15) is 37.7 Å². The smallest absolute Gasteiger partial charge is 0.272 e. The number of hydrogen-bond donors (Lipinski definition) is 2. The lowest BCUT2D eigenvalue weighted by Gasteiger charge is -2.10. The summed E-state index contributed by atoms with van der Waals surface area (Å²) in [6, 6.07) is 9.18. The number of anilines is 1. The molecule has 0 unspecified atom stereocenters. The van der Waals surface area contributed by atoms with Gasteiger partial charge in [-0.15, -0.1) is 0 Å². The van der Waals surface area contributed by atoms with E-state index in [4.69, 9.17) is 4.42 Å². The predicted octanol–water partition coefficient (Wildman–Crippen LogP) is 2.81. The number of aromatic nitrogens is 2. The van der Waals surface area contributed by atoms with E-state index in [0.29, 0.717) is 17.0 Å². The van der Waals surface area contributed by atoms with E-state index in [2.05, 4.69) is 15.7 Å². The van der Waals surface area contributed by atoms with Crippen LogP contribution in [0.25, 0.3) is 0 Å². The highest BCUT2D eigenvalue weighted by Gasteiger charge is 2.20. The average Bonchev–Trinajstić information content (AvgIpc) is 3.25. The summed E-state index contributed by atoms with van der Waals surface area (Å²) in [5.74, 6) is 0.0124. The molecular weight excluding hydrogens is 332 g/mol. The third kappa shape index (κ3) is 3.66. The summed E-state index contributed by atoms with van der Waals surface area (Å²) >= 11 is 0. The molecule has 0 aliphatic heterocycles. The second kappa shape index (κ2) is 7.26. The zero-order valence-corrected chi connectivity index (χ0v) is 14.9. The van der Waals surface area contributed by atoms with Crippen LogP contribution in [0.5, 0.6) is 0 Å². The molecule has 2 N–H and O–H groups in total. The number of carbonyl (C=O) groups excluding carboxylic acids is 2. The van der Waals surface area contributed by atoms with E-state index in [1.807, 2.05) is 32.0 Å². The van der Waals surface area contributed by atoms with Crippen molar-refractivity contribution in [1.82, 2.24) is 15.1 Å². The number of benzene rings is 1. The maximum Gasteiger partial charge on any atom is 0.272 e. The minimum Gasteiger partial charge on any atom is -0.467 e. The highest BCUT2D eigenvalue weighted by atomic mass is 16.3. The predicted molar refractivity (Wildman–Crippen MR) is 97.0 cm³/mol. The molecule has 3 aromatic rings. The number of rotatable bonds is 5. The van der Waals surface area contributed by atoms with Gasteiger partial charge in [0.2, 0.25) is 0 Å². The fourth-order valence-electron chi connectivity index (χ4n) is 2.63. The molecular formula is C19H20N4O3. The molecule has 1 aromatic carbocycles. The molecule has 0 atom stereocenters. The van der Waals surface area contributed by atoms with Crippen molar-refractivity contribution in [2.45, 2.75) is 20.4 Å². The molecule has 0 aliphatic rings. The van der Waals surface area contributed by atoms with Gasteiger partial charge in [-0.3, -0.25) is 14.3 Å². The zero-order valence-electron chi connectivity index (χ0n) is 14.9. The molecule has 7 heteroatoms. The largest absolute Gasteiger partial charge is 0.467 e. The first-order valence-electron chi connectivity index (χ1n) is 8.17. The molecule has 3 rings (SSSR count). The first-order valence-corrected chi connectivity index (χ1v) is 8.17. The van der Waals surface area contributed by atoms with Crippen LogP contribution < -0.4 is 10.6 Å². The number of carbonyl (C=O) groups is 2. The van der Waals surface area contributed by atoms with Crippen LogP contribution in [-0.2, 0) is 13.6 Å². The average molecular weight is 352 g/mol. The highest BCUT2D eigenvalue weighted by Crippen LogP contribution is 2.18. The second-order valence-corrected chi connectivity index (χ2v) is 6.06. The van der Waals surface area contributed by atoms with Crippen LogP contribution in [-0.4, -0.2) is 21.6 Å². The molecule has 26 heavy (non-hydrogen) atoms. The van der Waals surface area contributed by atoms with Gasteiger partial charge in [0.1, 0.15) is 11.5 Å². The molecule has 134 valence electrons. The Morgan fingerprint density at radius 1 is 1.19 bits per heavy atom. The molecule has 2 amide bonds. The van der Waals surface area contributed by atoms with Crippen molar-refractivity contribution >= 4 is 17.5 Å². The minimum atomic E-state index is -0.349. The molecule has 7 nitrogen and oxygen atoms in total. The maximum atomic E-state index is 12.6. The van der Waals surface area contributed by atoms with E-state index in [1.54, 1.807) is 25.4 Å². The molecule has 2 heterocycles. The van der Waals surface area contributed by atoms with Crippen LogP contribution in [0, 0.1) is 13.8 Å². The van der Waals surface area contributed by atoms with E-state index < -0.39 is 0 Å². The van der Waals surface area contributed by atoms with Crippen LogP contribution in [0.2, 0.25) is 0 Å². The van der Waals surface area contributed by atoms with Crippen molar-refractivity contribution in [2.24, 2.45) is 7.05 Å². The molecule has 0 aliphatic carbocycles. The zero-order chi connectivity index (χ0) is 18.7. The van der Waals surface area contributed by atoms with Gasteiger partial charge in [0.25, 0.3) is 11.8 Å². The Kier molecular flexibility index (Phi) is 4.88. The standard InChI is InChI=1S/C19H20N4O3/c1-12-6-7-13(2)15(9-12)18(24)22-16-11-21-23(3)17(16)19(25)20-10-14-5-4-8-26-14/h4-9,11H,10H2,1-3H3,(H,20,25)(H,22,24). The summed E-state index contributed by atoms with van der Waals surface area (Å²) in [5.41, 5.74) is 3.05. The second-order valence-electron chi connectivity index (χ2n) is 6.06. The molecule has 0 fully saturated rings. The lowest BCUT2D eigenvalue weighted by molar-refractivity contribution is 0.0939. The van der Waals surface area contributed by atoms with Gasteiger partial charge < -0.3 is 15.1 Å². The normalized spacial score (nSPS) is 10.6. The number of nitrogens with one attached hydrogen (secondary N) is 2. The van der Waals surface area contributed by atoms with E-state index in [-0.39, 0.29) is 24.1 Å². The van der Waals surface area contributed by atoms with Crippen molar-refractivity contribution in [1.29, 1.82) is 0 Å². The Labute approximate surface area is 151 Å². The van der Waals surface area contributed by atoms with E-state index >= 15 is 0 Å². The molecule has 0 bridgehead atoms. The number of nitrogens with zero attached hydrogens (tertiary/aromatic N) is 2. The highest BCUT2D eigenvalue weighted by molar-refractivity contribution is 6.09. The van der Waals surface area contributed by atoms with E-state index in [0.717, 1.165) is 11.1 Å². The molecule has 0 saturated heterocycles. The van der Waals surface area contributed by atoms with Gasteiger partial charge >= 0.3 is 0 Å². The van der Waals surface area contributed by atoms with Crippen molar-refractivity contribution < 1.29 is 14.0 Å². The number of furan rings is 1.